The van der Waals surface area contributed by atoms with Gasteiger partial charge in [-0.3, -0.25) is 10.1 Å². The fourth-order valence-corrected chi connectivity index (χ4v) is 2.21. The first-order valence-corrected chi connectivity index (χ1v) is 6.63. The molecule has 0 aliphatic carbocycles. The van der Waals surface area contributed by atoms with E-state index in [2.05, 4.69) is 5.32 Å². The zero-order valence-corrected chi connectivity index (χ0v) is 11.9. The molecular weight excluding hydrogens is 276 g/mol. The first-order valence-electron chi connectivity index (χ1n) is 6.25. The van der Waals surface area contributed by atoms with Gasteiger partial charge in [0.1, 0.15) is 0 Å². The summed E-state index contributed by atoms with van der Waals surface area (Å²) in [6.45, 7) is 3.30. The number of nitro benzene ring substituents is 1. The Morgan fingerprint density at radius 3 is 2.70 bits per heavy atom. The molecule has 0 aliphatic rings. The molecule has 0 spiro atoms. The highest BCUT2D eigenvalue weighted by Gasteiger charge is 2.05. The van der Waals surface area contributed by atoms with Crippen molar-refractivity contribution in [2.24, 2.45) is 0 Å². The number of benzene rings is 2. The number of nitrogens with zero attached hydrogens (tertiary/aromatic N) is 1. The van der Waals surface area contributed by atoms with Crippen molar-refractivity contribution in [2.75, 3.05) is 0 Å². The smallest absolute Gasteiger partial charge is 0.269 e. The van der Waals surface area contributed by atoms with Crippen molar-refractivity contribution in [3.8, 4) is 0 Å². The molecule has 0 saturated heterocycles. The Morgan fingerprint density at radius 2 is 2.00 bits per heavy atom. The van der Waals surface area contributed by atoms with Crippen molar-refractivity contribution in [3.63, 3.8) is 0 Å². The van der Waals surface area contributed by atoms with Crippen LogP contribution in [-0.4, -0.2) is 4.92 Å². The normalized spacial score (nSPS) is 10.5. The molecule has 0 aliphatic heterocycles. The fraction of sp³-hybridized carbons (Fsp3) is 0.200. The van der Waals surface area contributed by atoms with Gasteiger partial charge in [-0.2, -0.15) is 0 Å². The summed E-state index contributed by atoms with van der Waals surface area (Å²) in [6, 6.07) is 12.4. The second kappa shape index (κ2) is 6.50. The van der Waals surface area contributed by atoms with E-state index in [0.717, 1.165) is 16.1 Å². The summed E-state index contributed by atoms with van der Waals surface area (Å²) < 4.78 is 0. The first-order chi connectivity index (χ1) is 9.56. The van der Waals surface area contributed by atoms with Crippen LogP contribution in [0.25, 0.3) is 0 Å². The molecule has 0 bridgehead atoms. The molecule has 0 atom stereocenters. The number of hydrogen-bond acceptors (Lipinski definition) is 3. The van der Waals surface area contributed by atoms with Gasteiger partial charge >= 0.3 is 0 Å². The Hall–Kier alpha value is -1.91. The maximum absolute atomic E-state index is 10.7. The Morgan fingerprint density at radius 1 is 1.20 bits per heavy atom. The zero-order valence-electron chi connectivity index (χ0n) is 11.1. The van der Waals surface area contributed by atoms with Crippen molar-refractivity contribution in [3.05, 3.63) is 74.3 Å². The average Bonchev–Trinajstić information content (AvgIpc) is 2.41. The van der Waals surface area contributed by atoms with Crippen LogP contribution >= 0.6 is 11.6 Å². The molecule has 0 unspecified atom stereocenters. The molecule has 0 aromatic heterocycles. The quantitative estimate of drug-likeness (QED) is 0.672. The van der Waals surface area contributed by atoms with Crippen LogP contribution in [-0.2, 0) is 13.1 Å². The lowest BCUT2D eigenvalue weighted by molar-refractivity contribution is -0.384. The van der Waals surface area contributed by atoms with Gasteiger partial charge in [-0.15, -0.1) is 0 Å². The van der Waals surface area contributed by atoms with Gasteiger partial charge in [-0.1, -0.05) is 29.8 Å². The Balaban J connectivity index is 1.96. The van der Waals surface area contributed by atoms with Crippen LogP contribution in [0.4, 0.5) is 5.69 Å². The van der Waals surface area contributed by atoms with E-state index in [1.165, 1.54) is 11.6 Å². The van der Waals surface area contributed by atoms with E-state index >= 15 is 0 Å². The Labute approximate surface area is 122 Å². The molecular formula is C15H15ClN2O2. The average molecular weight is 291 g/mol. The van der Waals surface area contributed by atoms with Crippen LogP contribution in [0.2, 0.25) is 5.02 Å². The standard InChI is InChI=1S/C15H15ClN2O2/c1-11-7-14(16)6-5-13(11)10-17-9-12-3-2-4-15(8-12)18(19)20/h2-8,17H,9-10H2,1H3. The lowest BCUT2D eigenvalue weighted by Crippen LogP contribution is -2.13. The molecule has 104 valence electrons. The fourth-order valence-electron chi connectivity index (χ4n) is 1.98. The lowest BCUT2D eigenvalue weighted by atomic mass is 10.1. The number of halogens is 1. The van der Waals surface area contributed by atoms with Crippen molar-refractivity contribution < 1.29 is 4.92 Å². The van der Waals surface area contributed by atoms with Gasteiger partial charge in [0, 0.05) is 30.2 Å². The molecule has 0 heterocycles. The van der Waals surface area contributed by atoms with Crippen LogP contribution in [0.3, 0.4) is 0 Å². The highest BCUT2D eigenvalue weighted by molar-refractivity contribution is 6.30. The number of aryl methyl sites for hydroxylation is 1. The van der Waals surface area contributed by atoms with E-state index in [-0.39, 0.29) is 10.6 Å². The summed E-state index contributed by atoms with van der Waals surface area (Å²) in [6.07, 6.45) is 0. The van der Waals surface area contributed by atoms with Gasteiger partial charge in [0.05, 0.1) is 4.92 Å². The molecule has 0 amide bonds. The molecule has 0 fully saturated rings. The summed E-state index contributed by atoms with van der Waals surface area (Å²) in [4.78, 5) is 10.3. The number of nitro groups is 1. The summed E-state index contributed by atoms with van der Waals surface area (Å²) in [7, 11) is 0. The maximum atomic E-state index is 10.7. The molecule has 5 heteroatoms. The van der Waals surface area contributed by atoms with Gasteiger partial charge in [-0.05, 0) is 35.7 Å². The van der Waals surface area contributed by atoms with Crippen LogP contribution in [0, 0.1) is 17.0 Å². The summed E-state index contributed by atoms with van der Waals surface area (Å²) in [5, 5.41) is 14.7. The zero-order chi connectivity index (χ0) is 14.5. The van der Waals surface area contributed by atoms with Crippen molar-refractivity contribution in [2.45, 2.75) is 20.0 Å². The maximum Gasteiger partial charge on any atom is 0.269 e. The van der Waals surface area contributed by atoms with E-state index in [9.17, 15) is 10.1 Å². The van der Waals surface area contributed by atoms with Crippen LogP contribution in [0.1, 0.15) is 16.7 Å². The number of non-ortho nitro benzene ring substituents is 1. The van der Waals surface area contributed by atoms with E-state index in [1.807, 2.05) is 31.2 Å². The highest BCUT2D eigenvalue weighted by Crippen LogP contribution is 2.16. The third-order valence-electron chi connectivity index (χ3n) is 3.07. The van der Waals surface area contributed by atoms with Gasteiger partial charge in [0.25, 0.3) is 5.69 Å². The van der Waals surface area contributed by atoms with Gasteiger partial charge < -0.3 is 5.32 Å². The Bertz CT molecular complexity index is 629. The van der Waals surface area contributed by atoms with Gasteiger partial charge in [0.15, 0.2) is 0 Å². The minimum atomic E-state index is -0.382. The molecule has 0 saturated carbocycles. The second-order valence-electron chi connectivity index (χ2n) is 4.60. The highest BCUT2D eigenvalue weighted by atomic mass is 35.5. The number of rotatable bonds is 5. The van der Waals surface area contributed by atoms with Gasteiger partial charge in [0.2, 0.25) is 0 Å². The van der Waals surface area contributed by atoms with Crippen molar-refractivity contribution >= 4 is 17.3 Å². The molecule has 2 rings (SSSR count). The van der Waals surface area contributed by atoms with Crippen molar-refractivity contribution in [1.29, 1.82) is 0 Å². The third kappa shape index (κ3) is 3.79. The second-order valence-corrected chi connectivity index (χ2v) is 5.04. The summed E-state index contributed by atoms with van der Waals surface area (Å²) in [5.74, 6) is 0. The summed E-state index contributed by atoms with van der Waals surface area (Å²) in [5.41, 5.74) is 3.31. The van der Waals surface area contributed by atoms with E-state index < -0.39 is 0 Å². The van der Waals surface area contributed by atoms with E-state index in [1.54, 1.807) is 12.1 Å². The predicted molar refractivity (Wildman–Crippen MR) is 79.8 cm³/mol. The molecule has 20 heavy (non-hydrogen) atoms. The molecule has 1 N–H and O–H groups in total. The van der Waals surface area contributed by atoms with Gasteiger partial charge in [-0.25, -0.2) is 0 Å². The number of nitrogens with one attached hydrogen (secondary N) is 1. The lowest BCUT2D eigenvalue weighted by Gasteiger charge is -2.08. The molecule has 0 radical (unpaired) electrons. The Kier molecular flexibility index (Phi) is 4.71. The van der Waals surface area contributed by atoms with Crippen LogP contribution in [0.15, 0.2) is 42.5 Å². The first kappa shape index (κ1) is 14.5. The number of hydrogen-bond donors (Lipinski definition) is 1. The predicted octanol–water partition coefficient (Wildman–Crippen LogP) is 3.85. The SMILES string of the molecule is Cc1cc(Cl)ccc1CNCc1cccc([N+](=O)[O-])c1. The monoisotopic (exact) mass is 290 g/mol. The van der Waals surface area contributed by atoms with Crippen LogP contribution < -0.4 is 5.32 Å². The van der Waals surface area contributed by atoms with E-state index in [0.29, 0.717) is 13.1 Å². The minimum absolute atomic E-state index is 0.118. The minimum Gasteiger partial charge on any atom is -0.309 e. The molecule has 4 nitrogen and oxygen atoms in total. The topological polar surface area (TPSA) is 55.2 Å². The molecule has 2 aromatic rings. The largest absolute Gasteiger partial charge is 0.309 e. The third-order valence-corrected chi connectivity index (χ3v) is 3.31. The van der Waals surface area contributed by atoms with Crippen LogP contribution in [0.5, 0.6) is 0 Å². The van der Waals surface area contributed by atoms with E-state index in [4.69, 9.17) is 11.6 Å². The molecule has 2 aromatic carbocycles. The summed E-state index contributed by atoms with van der Waals surface area (Å²) >= 11 is 5.91. The van der Waals surface area contributed by atoms with Crippen molar-refractivity contribution in [1.82, 2.24) is 5.32 Å².